The predicted molar refractivity (Wildman–Crippen MR) is 87.6 cm³/mol. The molecule has 1 unspecified atom stereocenters. The second-order valence-corrected chi connectivity index (χ2v) is 5.08. The van der Waals surface area contributed by atoms with Crippen LogP contribution >= 0.6 is 0 Å². The van der Waals surface area contributed by atoms with Crippen LogP contribution in [0.5, 0.6) is 0 Å². The summed E-state index contributed by atoms with van der Waals surface area (Å²) in [6.07, 6.45) is 2.27. The summed E-state index contributed by atoms with van der Waals surface area (Å²) in [6.45, 7) is 5.89. The predicted octanol–water partition coefficient (Wildman–Crippen LogP) is 1.12. The van der Waals surface area contributed by atoms with Gasteiger partial charge in [0.2, 0.25) is 0 Å². The molecule has 1 rings (SSSR count). The zero-order valence-electron chi connectivity index (χ0n) is 14.1. The molecular weight excluding hydrogens is 314 g/mol. The fourth-order valence-electron chi connectivity index (χ4n) is 2.25. The van der Waals surface area contributed by atoms with Gasteiger partial charge in [-0.3, -0.25) is 9.88 Å². The third-order valence-electron chi connectivity index (χ3n) is 3.20. The normalized spacial score (nSPS) is 12.3. The second kappa shape index (κ2) is 11.5. The second-order valence-electron chi connectivity index (χ2n) is 5.08. The van der Waals surface area contributed by atoms with Gasteiger partial charge in [0.25, 0.3) is 0 Å². The molecule has 0 bridgehead atoms. The lowest BCUT2D eigenvalue weighted by Crippen LogP contribution is -2.46. The first-order valence-corrected chi connectivity index (χ1v) is 7.88. The number of pyridine rings is 1. The van der Waals surface area contributed by atoms with E-state index in [-0.39, 0.29) is 6.54 Å². The van der Waals surface area contributed by atoms with E-state index >= 15 is 0 Å². The highest BCUT2D eigenvalue weighted by Gasteiger charge is 2.20. The minimum Gasteiger partial charge on any atom is -0.465 e. The van der Waals surface area contributed by atoms with Crippen molar-refractivity contribution in [3.05, 3.63) is 30.1 Å². The Hall–Kier alpha value is -2.03. The van der Waals surface area contributed by atoms with Crippen LogP contribution in [0.25, 0.3) is 0 Å². The van der Waals surface area contributed by atoms with Crippen LogP contribution < -0.4 is 5.32 Å². The molecule has 1 atom stereocenters. The first-order chi connectivity index (χ1) is 11.6. The lowest BCUT2D eigenvalue weighted by Gasteiger charge is -2.29. The van der Waals surface area contributed by atoms with Gasteiger partial charge in [0.05, 0.1) is 0 Å². The summed E-state index contributed by atoms with van der Waals surface area (Å²) >= 11 is 0. The summed E-state index contributed by atoms with van der Waals surface area (Å²) in [4.78, 5) is 27.8. The zero-order chi connectivity index (χ0) is 17.8. The Morgan fingerprint density at radius 3 is 2.42 bits per heavy atom. The number of carboxylic acid groups (broad SMARTS) is 1. The lowest BCUT2D eigenvalue weighted by molar-refractivity contribution is -0.148. The highest BCUT2D eigenvalue weighted by molar-refractivity contribution is 5.71. The third kappa shape index (κ3) is 8.00. The van der Waals surface area contributed by atoms with Crippen LogP contribution in [0.1, 0.15) is 19.4 Å². The first-order valence-electron chi connectivity index (χ1n) is 7.88. The van der Waals surface area contributed by atoms with Crippen molar-refractivity contribution < 1.29 is 24.2 Å². The minimum atomic E-state index is -1.23. The number of rotatable bonds is 12. The van der Waals surface area contributed by atoms with Crippen molar-refractivity contribution in [2.75, 3.05) is 26.3 Å². The van der Waals surface area contributed by atoms with Gasteiger partial charge in [-0.25, -0.2) is 4.79 Å². The molecule has 134 valence electrons. The largest absolute Gasteiger partial charge is 0.465 e. The third-order valence-corrected chi connectivity index (χ3v) is 3.20. The Balaban J connectivity index is 2.80. The molecule has 8 heteroatoms. The van der Waals surface area contributed by atoms with Crippen molar-refractivity contribution in [1.29, 1.82) is 0 Å². The van der Waals surface area contributed by atoms with E-state index in [2.05, 4.69) is 10.3 Å². The molecule has 0 aromatic carbocycles. The van der Waals surface area contributed by atoms with Gasteiger partial charge in [-0.2, -0.15) is 0 Å². The standard InChI is InChI=1S/C16H25N3O5/c1-3-23-15(24-4-2)11-19(9-13-5-7-17-8-6-13)10-14(12-20)18-16(21)22/h5-8,12,14-15,18H,3-4,9-11H2,1-2H3,(H,21,22). The van der Waals surface area contributed by atoms with Crippen LogP contribution in [0.4, 0.5) is 4.79 Å². The molecule has 0 saturated carbocycles. The van der Waals surface area contributed by atoms with Crippen LogP contribution in [0, 0.1) is 0 Å². The maximum atomic E-state index is 11.1. The number of carbonyl (C=O) groups excluding carboxylic acids is 1. The molecule has 2 N–H and O–H groups in total. The number of ether oxygens (including phenoxy) is 2. The van der Waals surface area contributed by atoms with Crippen molar-refractivity contribution in [3.63, 3.8) is 0 Å². The zero-order valence-corrected chi connectivity index (χ0v) is 14.1. The average Bonchev–Trinajstić information content (AvgIpc) is 2.55. The van der Waals surface area contributed by atoms with E-state index in [1.807, 2.05) is 30.9 Å². The highest BCUT2D eigenvalue weighted by atomic mass is 16.7. The van der Waals surface area contributed by atoms with Gasteiger partial charge >= 0.3 is 6.09 Å². The van der Waals surface area contributed by atoms with E-state index in [9.17, 15) is 9.59 Å². The monoisotopic (exact) mass is 339 g/mol. The van der Waals surface area contributed by atoms with Gasteiger partial charge < -0.3 is 24.7 Å². The number of nitrogens with zero attached hydrogens (tertiary/aromatic N) is 2. The van der Waals surface area contributed by atoms with Gasteiger partial charge in [0.15, 0.2) is 6.29 Å². The summed E-state index contributed by atoms with van der Waals surface area (Å²) in [5.41, 5.74) is 0.997. The van der Waals surface area contributed by atoms with Crippen LogP contribution in [0.2, 0.25) is 0 Å². The van der Waals surface area contributed by atoms with Crippen LogP contribution in [-0.4, -0.2) is 66.0 Å². The van der Waals surface area contributed by atoms with Crippen molar-refractivity contribution in [2.45, 2.75) is 32.7 Å². The number of aromatic nitrogens is 1. The van der Waals surface area contributed by atoms with E-state index < -0.39 is 18.4 Å². The van der Waals surface area contributed by atoms with E-state index in [0.717, 1.165) is 5.56 Å². The van der Waals surface area contributed by atoms with Crippen LogP contribution in [0.15, 0.2) is 24.5 Å². The molecule has 1 aromatic rings. The minimum absolute atomic E-state index is 0.217. The maximum absolute atomic E-state index is 11.1. The Bertz CT molecular complexity index is 480. The molecule has 8 nitrogen and oxygen atoms in total. The molecule has 0 aliphatic carbocycles. The Morgan fingerprint density at radius 2 is 1.92 bits per heavy atom. The van der Waals surface area contributed by atoms with Gasteiger partial charge in [0.1, 0.15) is 12.3 Å². The fourth-order valence-corrected chi connectivity index (χ4v) is 2.25. The van der Waals surface area contributed by atoms with Gasteiger partial charge in [-0.05, 0) is 31.5 Å². The van der Waals surface area contributed by atoms with Crippen LogP contribution in [0.3, 0.4) is 0 Å². The first kappa shape index (κ1) is 20.0. The number of carbonyl (C=O) groups is 2. The molecule has 0 fully saturated rings. The molecule has 0 saturated heterocycles. The van der Waals surface area contributed by atoms with Gasteiger partial charge in [0, 0.05) is 45.2 Å². The number of nitrogens with one attached hydrogen (secondary N) is 1. The van der Waals surface area contributed by atoms with Crippen molar-refractivity contribution in [3.8, 4) is 0 Å². The summed E-state index contributed by atoms with van der Waals surface area (Å²) < 4.78 is 11.1. The molecule has 0 spiro atoms. The highest BCUT2D eigenvalue weighted by Crippen LogP contribution is 2.08. The quantitative estimate of drug-likeness (QED) is 0.434. The molecule has 1 amide bonds. The Kier molecular flexibility index (Phi) is 9.59. The van der Waals surface area contributed by atoms with Gasteiger partial charge in [-0.1, -0.05) is 0 Å². The van der Waals surface area contributed by atoms with Crippen molar-refractivity contribution in [2.24, 2.45) is 0 Å². The molecule has 0 aliphatic heterocycles. The lowest BCUT2D eigenvalue weighted by atomic mass is 10.2. The Labute approximate surface area is 141 Å². The van der Waals surface area contributed by atoms with E-state index in [1.165, 1.54) is 0 Å². The molecule has 0 radical (unpaired) electrons. The number of hydrogen-bond acceptors (Lipinski definition) is 6. The summed E-state index contributed by atoms with van der Waals surface area (Å²) in [5.74, 6) is 0. The maximum Gasteiger partial charge on any atom is 0.405 e. The summed E-state index contributed by atoms with van der Waals surface area (Å²) in [5, 5.41) is 11.0. The average molecular weight is 339 g/mol. The van der Waals surface area contributed by atoms with Gasteiger partial charge in [-0.15, -0.1) is 0 Å². The molecule has 24 heavy (non-hydrogen) atoms. The number of amides is 1. The van der Waals surface area contributed by atoms with Crippen molar-refractivity contribution in [1.82, 2.24) is 15.2 Å². The molecule has 1 aromatic heterocycles. The summed E-state index contributed by atoms with van der Waals surface area (Å²) in [6, 6.07) is 2.90. The smallest absolute Gasteiger partial charge is 0.405 e. The molecule has 1 heterocycles. The summed E-state index contributed by atoms with van der Waals surface area (Å²) in [7, 11) is 0. The fraction of sp³-hybridized carbons (Fsp3) is 0.562. The van der Waals surface area contributed by atoms with E-state index in [0.29, 0.717) is 32.6 Å². The topological polar surface area (TPSA) is 101 Å². The molecule has 0 aliphatic rings. The van der Waals surface area contributed by atoms with Crippen molar-refractivity contribution >= 4 is 12.4 Å². The van der Waals surface area contributed by atoms with Crippen LogP contribution in [-0.2, 0) is 20.8 Å². The number of hydrogen-bond donors (Lipinski definition) is 2. The Morgan fingerprint density at radius 1 is 1.29 bits per heavy atom. The SMILES string of the molecule is CCOC(CN(Cc1ccncc1)CC(C=O)NC(=O)O)OCC. The molecular formula is C16H25N3O5. The number of aldehydes is 1. The van der Waals surface area contributed by atoms with E-state index in [1.54, 1.807) is 12.4 Å². The van der Waals surface area contributed by atoms with E-state index in [4.69, 9.17) is 14.6 Å².